The Kier molecular flexibility index (Phi) is 152. The van der Waals surface area contributed by atoms with E-state index in [0.717, 1.165) is 0 Å². The van der Waals surface area contributed by atoms with Gasteiger partial charge in [-0.05, 0) is 0 Å². The maximum atomic E-state index is 0. The van der Waals surface area contributed by atoms with Gasteiger partial charge in [0, 0.05) is 85.9 Å². The first-order chi connectivity index (χ1) is 0. The minimum atomic E-state index is 0. The zero-order chi connectivity index (χ0) is 0. The molecule has 0 aromatic rings. The first-order valence-electron chi connectivity index (χ1n) is 0. The molecule has 0 amide bonds. The van der Waals surface area contributed by atoms with Crippen molar-refractivity contribution in [1.29, 1.82) is 0 Å². The van der Waals surface area contributed by atoms with E-state index in [9.17, 15) is 0 Å². The predicted octanol–water partition coefficient (Wildman–Crippen LogP) is -0.695. The molecule has 0 spiro atoms. The van der Waals surface area contributed by atoms with Gasteiger partial charge in [-0.2, -0.15) is 0 Å². The van der Waals surface area contributed by atoms with Crippen molar-refractivity contribution >= 4 is 80.6 Å². The molecular formula is H4CaGaGdMgZr. The second-order valence-electron chi connectivity index (χ2n) is 0. The van der Waals surface area contributed by atoms with Crippen LogP contribution in [0.2, 0.25) is 0 Å². The summed E-state index contributed by atoms with van der Waals surface area (Å²) in [4.78, 5) is 0. The molecule has 0 atom stereocenters. The van der Waals surface area contributed by atoms with Crippen LogP contribution in [-0.4, -0.2) is 80.6 Å². The first-order valence-corrected chi connectivity index (χ1v) is 0. The van der Waals surface area contributed by atoms with E-state index < -0.39 is 0 Å². The van der Waals surface area contributed by atoms with Gasteiger partial charge in [0.1, 0.15) is 0 Å². The van der Waals surface area contributed by atoms with Crippen LogP contribution in [0.25, 0.3) is 0 Å². The van der Waals surface area contributed by atoms with Crippen LogP contribution in [0.5, 0.6) is 0 Å². The quantitative estimate of drug-likeness (QED) is 0.483. The molecule has 3 radical (unpaired) electrons. The van der Waals surface area contributed by atoms with Crippen LogP contribution in [-0.2, 0) is 26.2 Å². The summed E-state index contributed by atoms with van der Waals surface area (Å²) in [6, 6.07) is 0. The summed E-state index contributed by atoms with van der Waals surface area (Å²) in [5.74, 6) is 0. The molecular weight excluding hydrogens is 383 g/mol. The van der Waals surface area contributed by atoms with Gasteiger partial charge < -0.3 is 5.71 Å². The summed E-state index contributed by atoms with van der Waals surface area (Å²) in [6.07, 6.45) is 0. The molecule has 0 saturated carbocycles. The molecule has 0 unspecified atom stereocenters. The fourth-order valence-electron chi connectivity index (χ4n) is 0. The molecule has 0 saturated heterocycles. The molecule has 0 aromatic carbocycles. The van der Waals surface area contributed by atoms with Crippen molar-refractivity contribution in [2.75, 3.05) is 0 Å². The third kappa shape index (κ3) is 17.7. The zero-order valence-electron chi connectivity index (χ0n) is 6.85. The summed E-state index contributed by atoms with van der Waals surface area (Å²) in [7, 11) is 0. The number of hydrogen-bond acceptors (Lipinski definition) is 0. The Balaban J connectivity index is 0. The van der Waals surface area contributed by atoms with Crippen molar-refractivity contribution in [2.45, 2.75) is 0 Å². The van der Waals surface area contributed by atoms with Crippen LogP contribution in [0.1, 0.15) is 5.71 Å². The minimum absolute atomic E-state index is 0. The summed E-state index contributed by atoms with van der Waals surface area (Å²) in [6.45, 7) is 0. The Morgan fingerprint density at radius 3 is 1.20 bits per heavy atom. The van der Waals surface area contributed by atoms with Crippen molar-refractivity contribution in [1.82, 2.24) is 0 Å². The van der Waals surface area contributed by atoms with E-state index in [1.54, 1.807) is 0 Å². The topological polar surface area (TPSA) is 0 Å². The average molecular weight is 387 g/mol. The van der Waals surface area contributed by atoms with E-state index in [0.29, 0.717) is 0 Å². The Bertz CT molecular complexity index is 20.5. The van der Waals surface area contributed by atoms with Gasteiger partial charge in [0.2, 0.25) is 0 Å². The van der Waals surface area contributed by atoms with Crippen molar-refractivity contribution < 1.29 is 71.9 Å². The molecule has 0 aliphatic carbocycles. The molecule has 0 aliphatic heterocycles. The van der Waals surface area contributed by atoms with Gasteiger partial charge in [-0.3, -0.25) is 0 Å². The second kappa shape index (κ2) is 23.2. The Labute approximate surface area is 148 Å². The van der Waals surface area contributed by atoms with E-state index >= 15 is 0 Å². The van der Waals surface area contributed by atoms with Crippen molar-refractivity contribution in [2.24, 2.45) is 0 Å². The molecule has 5 heteroatoms. The molecule has 0 nitrogen and oxygen atoms in total. The van der Waals surface area contributed by atoms with Crippen molar-refractivity contribution in [3.63, 3.8) is 0 Å². The van der Waals surface area contributed by atoms with Gasteiger partial charge in [0.25, 0.3) is 0 Å². The van der Waals surface area contributed by atoms with E-state index in [4.69, 9.17) is 0 Å². The average Bonchev–Trinajstić information content (AvgIpc) is 0. The molecule has 0 rings (SSSR count). The third-order valence-corrected chi connectivity index (χ3v) is 0. The van der Waals surface area contributed by atoms with Gasteiger partial charge in [-0.15, -0.1) is 0 Å². The predicted molar refractivity (Wildman–Crippen MR) is 21.7 cm³/mol. The Morgan fingerprint density at radius 2 is 1.20 bits per heavy atom. The van der Waals surface area contributed by atoms with Crippen LogP contribution >= 0.6 is 0 Å². The van der Waals surface area contributed by atoms with Crippen molar-refractivity contribution in [3.8, 4) is 0 Å². The summed E-state index contributed by atoms with van der Waals surface area (Å²) in [5.41, 5.74) is 0. The maximum absolute atomic E-state index is 0. The summed E-state index contributed by atoms with van der Waals surface area (Å²) < 4.78 is 0. The third-order valence-electron chi connectivity index (χ3n) is 0. The summed E-state index contributed by atoms with van der Waals surface area (Å²) >= 11 is 0. The van der Waals surface area contributed by atoms with Crippen LogP contribution in [0.4, 0.5) is 0 Å². The van der Waals surface area contributed by atoms with Crippen LogP contribution in [0.15, 0.2) is 0 Å². The van der Waals surface area contributed by atoms with Crippen molar-refractivity contribution in [3.05, 3.63) is 0 Å². The normalized spacial score (nSPS) is 0. The van der Waals surface area contributed by atoms with Crippen LogP contribution in [0, 0.1) is 39.9 Å². The molecule has 23 valence electrons. The van der Waals surface area contributed by atoms with Gasteiger partial charge in [-0.25, -0.2) is 0 Å². The van der Waals surface area contributed by atoms with Gasteiger partial charge in [-0.1, -0.05) is 0 Å². The largest absolute Gasteiger partial charge is 2.00 e. The molecule has 5 heavy (non-hydrogen) atoms. The number of rotatable bonds is 0. The molecule has 0 heterocycles. The fraction of sp³-hybridized carbons (Fsp3) is 0. The zero-order valence-corrected chi connectivity index (χ0v) is 13.6. The Morgan fingerprint density at radius 1 is 1.20 bits per heavy atom. The molecule has 0 bridgehead atoms. The molecule has 0 N–H and O–H groups in total. The van der Waals surface area contributed by atoms with Gasteiger partial charge in [0.15, 0.2) is 0 Å². The first kappa shape index (κ1) is 32.7. The van der Waals surface area contributed by atoms with Crippen LogP contribution in [0.3, 0.4) is 0 Å². The van der Waals surface area contributed by atoms with Gasteiger partial charge in [0.05, 0.1) is 0 Å². The summed E-state index contributed by atoms with van der Waals surface area (Å²) in [5, 5.41) is 0. The monoisotopic (exact) mass is 385 g/mol. The standard InChI is InChI=1S/Ca.Ga.Gd.Mg.Zr.4H/q+2;;;+2;;4*-1. The van der Waals surface area contributed by atoms with Gasteiger partial charge >= 0.3 is 60.8 Å². The molecule has 0 fully saturated rings. The smallest absolute Gasteiger partial charge is 1.00 e. The molecule has 0 aliphatic rings. The minimum Gasteiger partial charge on any atom is -1.00 e. The van der Waals surface area contributed by atoms with E-state index in [2.05, 4.69) is 0 Å². The maximum Gasteiger partial charge on any atom is 2.00 e. The van der Waals surface area contributed by atoms with E-state index in [-0.39, 0.29) is 152 Å². The van der Waals surface area contributed by atoms with E-state index in [1.165, 1.54) is 0 Å². The fourth-order valence-corrected chi connectivity index (χ4v) is 0. The number of hydrogen-bond donors (Lipinski definition) is 0. The van der Waals surface area contributed by atoms with E-state index in [1.807, 2.05) is 0 Å². The Hall–Kier alpha value is 4.87. The van der Waals surface area contributed by atoms with Crippen LogP contribution < -0.4 is 0 Å². The molecule has 0 aromatic heterocycles. The SMILES string of the molecule is [Ca+2].[Ga].[Gd].[H-].[H-].[H-].[H-].[Mg+2].[Zr]. The second-order valence-corrected chi connectivity index (χ2v) is 0.